The molecule has 166 valence electrons. The van der Waals surface area contributed by atoms with E-state index < -0.39 is 10.0 Å². The van der Waals surface area contributed by atoms with Crippen LogP contribution >= 0.6 is 0 Å². The summed E-state index contributed by atoms with van der Waals surface area (Å²) in [6.45, 7) is 3.97. The van der Waals surface area contributed by atoms with Crippen molar-refractivity contribution in [3.05, 3.63) is 54.6 Å². The van der Waals surface area contributed by atoms with Crippen molar-refractivity contribution in [1.82, 2.24) is 18.8 Å². The number of ether oxygens (including phenoxy) is 1. The van der Waals surface area contributed by atoms with Crippen molar-refractivity contribution >= 4 is 37.5 Å². The number of piperazine rings is 1. The molecule has 8 nitrogen and oxygen atoms in total. The number of fused-ring (bicyclic) bond motifs is 3. The Hall–Kier alpha value is -3.17. The number of sulfonamides is 1. The van der Waals surface area contributed by atoms with Gasteiger partial charge in [0.25, 0.3) is 0 Å². The summed E-state index contributed by atoms with van der Waals surface area (Å²) in [6, 6.07) is 9.48. The average molecular weight is 452 g/mol. The van der Waals surface area contributed by atoms with Crippen LogP contribution in [0.1, 0.15) is 5.69 Å². The van der Waals surface area contributed by atoms with Crippen LogP contribution in [0.25, 0.3) is 21.8 Å². The molecule has 1 aromatic carbocycles. The number of methoxy groups -OCH3 is 1. The first-order chi connectivity index (χ1) is 15.4. The van der Waals surface area contributed by atoms with Crippen LogP contribution < -0.4 is 9.64 Å². The molecule has 0 N–H and O–H groups in total. The highest BCUT2D eigenvalue weighted by Crippen LogP contribution is 2.38. The Morgan fingerprint density at radius 3 is 2.50 bits per heavy atom. The van der Waals surface area contributed by atoms with Gasteiger partial charge in [-0.05, 0) is 31.2 Å². The van der Waals surface area contributed by atoms with Gasteiger partial charge in [0.1, 0.15) is 10.6 Å². The SMILES string of the molecule is COc1cc2c(cc1N1CCN(S(=O)(=O)c3cccnc3)CC1)c1ccnc(C)c1n2C. The number of nitrogens with zero attached hydrogens (tertiary/aromatic N) is 5. The fourth-order valence-electron chi connectivity index (χ4n) is 4.60. The van der Waals surface area contributed by atoms with Crippen molar-refractivity contribution in [2.45, 2.75) is 11.8 Å². The van der Waals surface area contributed by atoms with Gasteiger partial charge >= 0.3 is 0 Å². The van der Waals surface area contributed by atoms with Gasteiger partial charge in [0, 0.05) is 68.7 Å². The quantitative estimate of drug-likeness (QED) is 0.475. The fraction of sp³-hybridized carbons (Fsp3) is 0.304. The Labute approximate surface area is 187 Å². The van der Waals surface area contributed by atoms with E-state index in [4.69, 9.17) is 4.74 Å². The van der Waals surface area contributed by atoms with E-state index in [1.54, 1.807) is 25.4 Å². The molecule has 1 saturated heterocycles. The Morgan fingerprint density at radius 2 is 1.81 bits per heavy atom. The van der Waals surface area contributed by atoms with Gasteiger partial charge in [-0.15, -0.1) is 0 Å². The Bertz CT molecular complexity index is 1410. The molecule has 9 heteroatoms. The maximum Gasteiger partial charge on any atom is 0.244 e. The third-order valence-corrected chi connectivity index (χ3v) is 8.13. The molecule has 0 atom stereocenters. The number of anilines is 1. The normalized spacial score (nSPS) is 15.5. The second-order valence-corrected chi connectivity index (χ2v) is 9.91. The highest BCUT2D eigenvalue weighted by Gasteiger charge is 2.30. The van der Waals surface area contributed by atoms with E-state index in [-0.39, 0.29) is 4.90 Å². The van der Waals surface area contributed by atoms with Gasteiger partial charge in [-0.25, -0.2) is 8.42 Å². The number of benzene rings is 1. The maximum atomic E-state index is 12.9. The molecule has 1 aliphatic heterocycles. The molecule has 0 bridgehead atoms. The zero-order chi connectivity index (χ0) is 22.5. The molecule has 0 spiro atoms. The maximum absolute atomic E-state index is 12.9. The van der Waals surface area contributed by atoms with Crippen LogP contribution in [0, 0.1) is 6.92 Å². The third kappa shape index (κ3) is 3.20. The number of aryl methyl sites for hydroxylation is 2. The van der Waals surface area contributed by atoms with E-state index in [0.29, 0.717) is 26.2 Å². The molecule has 4 heterocycles. The van der Waals surface area contributed by atoms with Gasteiger partial charge in [0.15, 0.2) is 0 Å². The molecule has 0 radical (unpaired) electrons. The highest BCUT2D eigenvalue weighted by molar-refractivity contribution is 7.89. The lowest BCUT2D eigenvalue weighted by atomic mass is 10.1. The van der Waals surface area contributed by atoms with E-state index in [2.05, 4.69) is 31.6 Å². The predicted octanol–water partition coefficient (Wildman–Crippen LogP) is 2.95. The van der Waals surface area contributed by atoms with Gasteiger partial charge in [0.05, 0.1) is 29.5 Å². The minimum Gasteiger partial charge on any atom is -0.495 e. The average Bonchev–Trinajstić information content (AvgIpc) is 3.11. The molecule has 0 unspecified atom stereocenters. The first-order valence-corrected chi connectivity index (χ1v) is 11.9. The minimum atomic E-state index is -3.55. The van der Waals surface area contributed by atoms with Crippen molar-refractivity contribution < 1.29 is 13.2 Å². The van der Waals surface area contributed by atoms with E-state index >= 15 is 0 Å². The van der Waals surface area contributed by atoms with Gasteiger partial charge in [-0.3, -0.25) is 9.97 Å². The zero-order valence-corrected chi connectivity index (χ0v) is 19.1. The van der Waals surface area contributed by atoms with E-state index in [0.717, 1.165) is 38.9 Å². The largest absolute Gasteiger partial charge is 0.495 e. The van der Waals surface area contributed by atoms with Gasteiger partial charge in [-0.2, -0.15) is 4.31 Å². The summed E-state index contributed by atoms with van der Waals surface area (Å²) in [5, 5.41) is 2.28. The summed E-state index contributed by atoms with van der Waals surface area (Å²) in [7, 11) is 0.166. The molecule has 1 fully saturated rings. The van der Waals surface area contributed by atoms with Crippen molar-refractivity contribution in [2.24, 2.45) is 7.05 Å². The Morgan fingerprint density at radius 1 is 1.03 bits per heavy atom. The third-order valence-electron chi connectivity index (χ3n) is 6.24. The predicted molar refractivity (Wildman–Crippen MR) is 125 cm³/mol. The van der Waals surface area contributed by atoms with E-state index in [1.807, 2.05) is 26.2 Å². The molecule has 32 heavy (non-hydrogen) atoms. The monoisotopic (exact) mass is 451 g/mol. The van der Waals surface area contributed by atoms with Crippen LogP contribution in [-0.2, 0) is 17.1 Å². The van der Waals surface area contributed by atoms with E-state index in [9.17, 15) is 8.42 Å². The number of aromatic nitrogens is 3. The molecule has 0 saturated carbocycles. The topological polar surface area (TPSA) is 80.6 Å². The van der Waals surface area contributed by atoms with E-state index in [1.165, 1.54) is 10.5 Å². The summed E-state index contributed by atoms with van der Waals surface area (Å²) in [5.74, 6) is 0.776. The molecule has 3 aromatic heterocycles. The van der Waals surface area contributed by atoms with Crippen LogP contribution in [0.3, 0.4) is 0 Å². The summed E-state index contributed by atoms with van der Waals surface area (Å²) in [6.07, 6.45) is 4.81. The number of hydrogen-bond acceptors (Lipinski definition) is 6. The minimum absolute atomic E-state index is 0.229. The summed E-state index contributed by atoms with van der Waals surface area (Å²) in [5.41, 5.74) is 4.14. The van der Waals surface area contributed by atoms with Crippen molar-refractivity contribution in [3.8, 4) is 5.75 Å². The highest BCUT2D eigenvalue weighted by atomic mass is 32.2. The summed E-state index contributed by atoms with van der Waals surface area (Å²) >= 11 is 0. The van der Waals surface area contributed by atoms with Crippen LogP contribution in [0.15, 0.2) is 53.8 Å². The number of hydrogen-bond donors (Lipinski definition) is 0. The summed E-state index contributed by atoms with van der Waals surface area (Å²) < 4.78 is 35.3. The lowest BCUT2D eigenvalue weighted by molar-refractivity contribution is 0.378. The lowest BCUT2D eigenvalue weighted by Crippen LogP contribution is -2.48. The van der Waals surface area contributed by atoms with Crippen LogP contribution in [-0.4, -0.2) is 60.5 Å². The first kappa shape index (κ1) is 20.7. The molecular weight excluding hydrogens is 426 g/mol. The second-order valence-electron chi connectivity index (χ2n) is 7.97. The second kappa shape index (κ2) is 7.75. The Kier molecular flexibility index (Phi) is 5.02. The molecule has 1 aliphatic rings. The smallest absolute Gasteiger partial charge is 0.244 e. The standard InChI is InChI=1S/C23H25N5O3S/c1-16-23-18(6-8-25-16)19-13-21(22(31-3)14-20(19)26(23)2)27-9-11-28(12-10-27)32(29,30)17-5-4-7-24-15-17/h4-8,13-15H,9-12H2,1-3H3. The van der Waals surface area contributed by atoms with Crippen LogP contribution in [0.5, 0.6) is 5.75 Å². The summed E-state index contributed by atoms with van der Waals surface area (Å²) in [4.78, 5) is 10.8. The van der Waals surface area contributed by atoms with Gasteiger partial charge in [-0.1, -0.05) is 0 Å². The number of rotatable bonds is 4. The molecular formula is C23H25N5O3S. The molecule has 0 aliphatic carbocycles. The first-order valence-electron chi connectivity index (χ1n) is 10.5. The van der Waals surface area contributed by atoms with Gasteiger partial charge in [0.2, 0.25) is 10.0 Å². The number of pyridine rings is 2. The van der Waals surface area contributed by atoms with Gasteiger partial charge < -0.3 is 14.2 Å². The lowest BCUT2D eigenvalue weighted by Gasteiger charge is -2.36. The fourth-order valence-corrected chi connectivity index (χ4v) is 5.99. The zero-order valence-electron chi connectivity index (χ0n) is 18.3. The molecule has 0 amide bonds. The molecule has 5 rings (SSSR count). The van der Waals surface area contributed by atoms with Crippen molar-refractivity contribution in [2.75, 3.05) is 38.2 Å². The van der Waals surface area contributed by atoms with Crippen LogP contribution in [0.2, 0.25) is 0 Å². The van der Waals surface area contributed by atoms with Crippen LogP contribution in [0.4, 0.5) is 5.69 Å². The van der Waals surface area contributed by atoms with Crippen molar-refractivity contribution in [1.29, 1.82) is 0 Å². The van der Waals surface area contributed by atoms with Crippen molar-refractivity contribution in [3.63, 3.8) is 0 Å². The molecule has 4 aromatic rings. The Balaban J connectivity index is 1.49.